The molecule has 0 fully saturated rings. The molecular weight excluding hydrogens is 352 g/mol. The van der Waals surface area contributed by atoms with E-state index in [0.29, 0.717) is 54.7 Å². The summed E-state index contributed by atoms with van der Waals surface area (Å²) in [7, 11) is 0. The fourth-order valence-electron chi connectivity index (χ4n) is 2.68. The molecule has 0 atom stereocenters. The minimum Gasteiger partial charge on any atom is -0.489 e. The first-order valence-electron chi connectivity index (χ1n) is 8.49. The summed E-state index contributed by atoms with van der Waals surface area (Å²) >= 11 is 6.26. The highest BCUT2D eigenvalue weighted by molar-refractivity contribution is 6.32. The van der Waals surface area contributed by atoms with Crippen molar-refractivity contribution in [3.63, 3.8) is 0 Å². The van der Waals surface area contributed by atoms with Gasteiger partial charge in [0.15, 0.2) is 11.5 Å². The third-order valence-corrected chi connectivity index (χ3v) is 4.36. The molecule has 6 heteroatoms. The number of rotatable bonds is 5. The van der Waals surface area contributed by atoms with Gasteiger partial charge in [-0.1, -0.05) is 23.7 Å². The third-order valence-electron chi connectivity index (χ3n) is 4.08. The Morgan fingerprint density at radius 1 is 1.15 bits per heavy atom. The van der Waals surface area contributed by atoms with Gasteiger partial charge in [0.25, 0.3) is 0 Å². The molecule has 5 nitrogen and oxygen atoms in total. The van der Waals surface area contributed by atoms with Crippen molar-refractivity contribution < 1.29 is 14.3 Å². The Bertz CT molecular complexity index is 828. The van der Waals surface area contributed by atoms with E-state index in [0.717, 1.165) is 17.5 Å². The molecule has 1 aliphatic rings. The van der Waals surface area contributed by atoms with E-state index in [1.807, 2.05) is 18.2 Å². The Morgan fingerprint density at radius 3 is 2.69 bits per heavy atom. The van der Waals surface area contributed by atoms with Crippen molar-refractivity contribution >= 4 is 17.5 Å². The molecule has 2 aromatic carbocycles. The molecule has 0 saturated carbocycles. The molecule has 1 aliphatic heterocycles. The number of aryl methyl sites for hydroxylation is 1. The number of fused-ring (bicyclic) bond motifs is 1. The second kappa shape index (κ2) is 8.59. The maximum atomic E-state index is 12.1. The molecule has 0 bridgehead atoms. The molecule has 26 heavy (non-hydrogen) atoms. The monoisotopic (exact) mass is 370 g/mol. The molecule has 3 rings (SSSR count). The topological polar surface area (TPSA) is 71.4 Å². The maximum Gasteiger partial charge on any atom is 0.220 e. The zero-order chi connectivity index (χ0) is 18.4. The Hall–Kier alpha value is -2.71. The summed E-state index contributed by atoms with van der Waals surface area (Å²) in [6.07, 6.45) is 1.82. The maximum absolute atomic E-state index is 12.1. The molecule has 0 radical (unpaired) electrons. The zero-order valence-corrected chi connectivity index (χ0v) is 15.0. The number of amides is 1. The van der Waals surface area contributed by atoms with Gasteiger partial charge in [-0.05, 0) is 41.8 Å². The number of hydrogen-bond donors (Lipinski definition) is 1. The molecule has 134 valence electrons. The molecule has 0 spiro atoms. The Labute approximate surface area is 157 Å². The van der Waals surface area contributed by atoms with Gasteiger partial charge in [0.2, 0.25) is 5.91 Å². The van der Waals surface area contributed by atoms with Gasteiger partial charge in [-0.15, -0.1) is 0 Å². The van der Waals surface area contributed by atoms with Crippen LogP contribution in [-0.4, -0.2) is 19.1 Å². The average molecular weight is 371 g/mol. The SMILES string of the molecule is N#Cc1ccc(CCC(=O)NCc2cc(Cl)c3c(c2)OCCCO3)cc1. The average Bonchev–Trinajstić information content (AvgIpc) is 2.91. The van der Waals surface area contributed by atoms with Crippen molar-refractivity contribution in [2.75, 3.05) is 13.2 Å². The van der Waals surface area contributed by atoms with Gasteiger partial charge in [0.05, 0.1) is 29.9 Å². The fourth-order valence-corrected chi connectivity index (χ4v) is 2.97. The predicted octanol–water partition coefficient (Wildman–Crippen LogP) is 3.62. The first-order chi connectivity index (χ1) is 12.7. The van der Waals surface area contributed by atoms with Crippen LogP contribution < -0.4 is 14.8 Å². The lowest BCUT2D eigenvalue weighted by atomic mass is 10.1. The molecule has 0 saturated heterocycles. The van der Waals surface area contributed by atoms with Crippen LogP contribution in [-0.2, 0) is 17.8 Å². The first kappa shape index (κ1) is 18.1. The van der Waals surface area contributed by atoms with Crippen LogP contribution in [0.2, 0.25) is 5.02 Å². The Kier molecular flexibility index (Phi) is 5.98. The van der Waals surface area contributed by atoms with Gasteiger partial charge >= 0.3 is 0 Å². The number of carbonyl (C=O) groups is 1. The van der Waals surface area contributed by atoms with Gasteiger partial charge in [0, 0.05) is 19.4 Å². The van der Waals surface area contributed by atoms with Gasteiger partial charge in [-0.2, -0.15) is 5.26 Å². The second-order valence-corrected chi connectivity index (χ2v) is 6.45. The van der Waals surface area contributed by atoms with Gasteiger partial charge in [-0.3, -0.25) is 4.79 Å². The van der Waals surface area contributed by atoms with Crippen LogP contribution in [0.15, 0.2) is 36.4 Å². The molecule has 1 amide bonds. The molecule has 1 heterocycles. The van der Waals surface area contributed by atoms with Gasteiger partial charge in [-0.25, -0.2) is 0 Å². The third kappa shape index (κ3) is 4.68. The van der Waals surface area contributed by atoms with Crippen molar-refractivity contribution in [3.8, 4) is 17.6 Å². The van der Waals surface area contributed by atoms with E-state index in [2.05, 4.69) is 11.4 Å². The number of ether oxygens (including phenoxy) is 2. The van der Waals surface area contributed by atoms with Crippen LogP contribution in [0.5, 0.6) is 11.5 Å². The minimum absolute atomic E-state index is 0.0439. The molecular formula is C20H19ClN2O3. The number of nitriles is 1. The summed E-state index contributed by atoms with van der Waals surface area (Å²) in [5, 5.41) is 12.2. The van der Waals surface area contributed by atoms with Crippen molar-refractivity contribution in [3.05, 3.63) is 58.1 Å². The predicted molar refractivity (Wildman–Crippen MR) is 98.4 cm³/mol. The van der Waals surface area contributed by atoms with E-state index in [-0.39, 0.29) is 5.91 Å². The first-order valence-corrected chi connectivity index (χ1v) is 8.87. The second-order valence-electron chi connectivity index (χ2n) is 6.04. The highest BCUT2D eigenvalue weighted by atomic mass is 35.5. The standard InChI is InChI=1S/C20H19ClN2O3/c21-17-10-16(11-18-20(17)26-9-1-8-25-18)13-23-19(24)7-6-14-2-4-15(12-22)5-3-14/h2-5,10-11H,1,6-9,13H2,(H,23,24). The van der Waals surface area contributed by atoms with Gasteiger partial charge in [0.1, 0.15) is 0 Å². The van der Waals surface area contributed by atoms with Crippen molar-refractivity contribution in [1.29, 1.82) is 5.26 Å². The summed E-state index contributed by atoms with van der Waals surface area (Å²) in [5.74, 6) is 1.15. The molecule has 0 aromatic heterocycles. The van der Waals surface area contributed by atoms with Crippen molar-refractivity contribution in [2.45, 2.75) is 25.8 Å². The zero-order valence-electron chi connectivity index (χ0n) is 14.3. The highest BCUT2D eigenvalue weighted by Gasteiger charge is 2.15. The van der Waals surface area contributed by atoms with Crippen LogP contribution in [0.25, 0.3) is 0 Å². The molecule has 0 aliphatic carbocycles. The van der Waals surface area contributed by atoms with E-state index >= 15 is 0 Å². The molecule has 0 unspecified atom stereocenters. The lowest BCUT2D eigenvalue weighted by molar-refractivity contribution is -0.121. The van der Waals surface area contributed by atoms with Gasteiger partial charge < -0.3 is 14.8 Å². The number of nitrogens with zero attached hydrogens (tertiary/aromatic N) is 1. The summed E-state index contributed by atoms with van der Waals surface area (Å²) in [4.78, 5) is 12.1. The lowest BCUT2D eigenvalue weighted by Gasteiger charge is -2.12. The quantitative estimate of drug-likeness (QED) is 0.872. The number of halogens is 1. The smallest absolute Gasteiger partial charge is 0.220 e. The Morgan fingerprint density at radius 2 is 1.92 bits per heavy atom. The highest BCUT2D eigenvalue weighted by Crippen LogP contribution is 2.37. The van der Waals surface area contributed by atoms with Crippen LogP contribution in [0.3, 0.4) is 0 Å². The summed E-state index contributed by atoms with van der Waals surface area (Å²) < 4.78 is 11.3. The van der Waals surface area contributed by atoms with Crippen LogP contribution in [0, 0.1) is 11.3 Å². The van der Waals surface area contributed by atoms with E-state index in [9.17, 15) is 4.79 Å². The number of benzene rings is 2. The number of nitrogens with one attached hydrogen (secondary N) is 1. The Balaban J connectivity index is 1.53. The minimum atomic E-state index is -0.0439. The summed E-state index contributed by atoms with van der Waals surface area (Å²) in [6, 6.07) is 13.0. The largest absolute Gasteiger partial charge is 0.489 e. The van der Waals surface area contributed by atoms with Crippen LogP contribution >= 0.6 is 11.6 Å². The van der Waals surface area contributed by atoms with E-state index in [1.54, 1.807) is 18.2 Å². The normalized spacial score (nSPS) is 12.8. The lowest BCUT2D eigenvalue weighted by Crippen LogP contribution is -2.23. The molecule has 2 aromatic rings. The fraction of sp³-hybridized carbons (Fsp3) is 0.300. The van der Waals surface area contributed by atoms with Crippen LogP contribution in [0.4, 0.5) is 0 Å². The van der Waals surface area contributed by atoms with E-state index in [4.69, 9.17) is 26.3 Å². The summed E-state index contributed by atoms with van der Waals surface area (Å²) in [5.41, 5.74) is 2.51. The van der Waals surface area contributed by atoms with E-state index in [1.165, 1.54) is 0 Å². The van der Waals surface area contributed by atoms with Crippen molar-refractivity contribution in [1.82, 2.24) is 5.32 Å². The van der Waals surface area contributed by atoms with Crippen LogP contribution in [0.1, 0.15) is 29.5 Å². The van der Waals surface area contributed by atoms with Crippen molar-refractivity contribution in [2.24, 2.45) is 0 Å². The summed E-state index contributed by atoms with van der Waals surface area (Å²) in [6.45, 7) is 1.55. The number of hydrogen-bond acceptors (Lipinski definition) is 4. The molecule has 1 N–H and O–H groups in total. The number of carbonyl (C=O) groups excluding carboxylic acids is 1. The van der Waals surface area contributed by atoms with E-state index < -0.39 is 0 Å².